The molecule has 0 saturated heterocycles. The van der Waals surface area contributed by atoms with Gasteiger partial charge in [0, 0.05) is 17.2 Å². The van der Waals surface area contributed by atoms with Crippen LogP contribution in [0.5, 0.6) is 0 Å². The van der Waals surface area contributed by atoms with Crippen LogP contribution in [-0.2, 0) is 6.54 Å². The molecule has 2 aromatic carbocycles. The fourth-order valence-corrected chi connectivity index (χ4v) is 3.25. The van der Waals surface area contributed by atoms with E-state index in [-0.39, 0.29) is 11.3 Å². The molecule has 1 atom stereocenters. The van der Waals surface area contributed by atoms with Crippen LogP contribution >= 0.6 is 0 Å². The van der Waals surface area contributed by atoms with E-state index in [1.165, 1.54) is 6.07 Å². The molecule has 0 saturated carbocycles. The molecule has 1 amide bonds. The van der Waals surface area contributed by atoms with E-state index >= 15 is 0 Å². The predicted octanol–water partition coefficient (Wildman–Crippen LogP) is 4.23. The second-order valence-electron chi connectivity index (χ2n) is 6.99. The van der Waals surface area contributed by atoms with E-state index in [2.05, 4.69) is 10.4 Å². The third-order valence-electron chi connectivity index (χ3n) is 4.85. The highest BCUT2D eigenvalue weighted by molar-refractivity contribution is 5.94. The van der Waals surface area contributed by atoms with Crippen LogP contribution in [0.1, 0.15) is 45.8 Å². The molecule has 0 fully saturated rings. The van der Waals surface area contributed by atoms with Crippen molar-refractivity contribution in [3.63, 3.8) is 0 Å². The topological polar surface area (TPSA) is 90.1 Å². The Balaban J connectivity index is 1.70. The summed E-state index contributed by atoms with van der Waals surface area (Å²) in [4.78, 5) is 23.1. The lowest BCUT2D eigenvalue weighted by atomic mass is 10.1. The molecule has 3 rings (SSSR count). The normalized spacial score (nSPS) is 11.9. The van der Waals surface area contributed by atoms with Gasteiger partial charge < -0.3 is 5.32 Å². The van der Waals surface area contributed by atoms with E-state index in [0.717, 1.165) is 17.7 Å². The van der Waals surface area contributed by atoms with Crippen LogP contribution in [-0.4, -0.2) is 20.6 Å². The number of carbonyl (C=O) groups is 1. The molecule has 0 spiro atoms. The number of aryl methyl sites for hydroxylation is 1. The van der Waals surface area contributed by atoms with Crippen LogP contribution in [0.2, 0.25) is 0 Å². The largest absolute Gasteiger partial charge is 0.345 e. The zero-order chi connectivity index (χ0) is 22.0. The lowest BCUT2D eigenvalue weighted by molar-refractivity contribution is -0.386. The van der Waals surface area contributed by atoms with Crippen molar-refractivity contribution in [2.45, 2.75) is 33.4 Å². The molecule has 1 aromatic heterocycles. The summed E-state index contributed by atoms with van der Waals surface area (Å²) < 4.78 is 28.5. The van der Waals surface area contributed by atoms with Gasteiger partial charge in [-0.05, 0) is 44.5 Å². The quantitative estimate of drug-likeness (QED) is 0.483. The maximum atomic E-state index is 13.9. The van der Waals surface area contributed by atoms with Crippen molar-refractivity contribution in [3.05, 3.63) is 92.3 Å². The molecule has 0 aliphatic rings. The van der Waals surface area contributed by atoms with Crippen molar-refractivity contribution in [2.75, 3.05) is 0 Å². The van der Waals surface area contributed by atoms with Gasteiger partial charge in [0.1, 0.15) is 23.0 Å². The highest BCUT2D eigenvalue weighted by Crippen LogP contribution is 2.23. The Morgan fingerprint density at radius 1 is 1.20 bits per heavy atom. The van der Waals surface area contributed by atoms with E-state index in [9.17, 15) is 23.7 Å². The van der Waals surface area contributed by atoms with E-state index in [0.29, 0.717) is 23.5 Å². The van der Waals surface area contributed by atoms with Crippen molar-refractivity contribution < 1.29 is 18.5 Å². The molecule has 1 N–H and O–H groups in total. The third-order valence-corrected chi connectivity index (χ3v) is 4.85. The Bertz CT molecular complexity index is 1110. The molecule has 0 bridgehead atoms. The number of amides is 1. The number of hydrogen-bond donors (Lipinski definition) is 1. The van der Waals surface area contributed by atoms with Crippen LogP contribution in [0.15, 0.2) is 42.5 Å². The van der Waals surface area contributed by atoms with Gasteiger partial charge >= 0.3 is 5.69 Å². The van der Waals surface area contributed by atoms with Crippen LogP contribution in [0.25, 0.3) is 0 Å². The van der Waals surface area contributed by atoms with Gasteiger partial charge in [-0.3, -0.25) is 19.6 Å². The van der Waals surface area contributed by atoms with Gasteiger partial charge in [-0.2, -0.15) is 5.10 Å². The van der Waals surface area contributed by atoms with Gasteiger partial charge in [-0.25, -0.2) is 8.78 Å². The summed E-state index contributed by atoms with van der Waals surface area (Å²) in [7, 11) is 0. The molecule has 0 aliphatic carbocycles. The summed E-state index contributed by atoms with van der Waals surface area (Å²) in [6.07, 6.45) is 0. The number of nitrogens with zero attached hydrogens (tertiary/aromatic N) is 3. The van der Waals surface area contributed by atoms with Gasteiger partial charge in [0.15, 0.2) is 0 Å². The Labute approximate surface area is 171 Å². The second-order valence-corrected chi connectivity index (χ2v) is 6.99. The molecule has 0 radical (unpaired) electrons. The first kappa shape index (κ1) is 21.1. The first-order valence-corrected chi connectivity index (χ1v) is 9.20. The van der Waals surface area contributed by atoms with Crippen LogP contribution in [0, 0.1) is 35.6 Å². The maximum absolute atomic E-state index is 13.9. The molecular formula is C21H20F2N4O3. The zero-order valence-electron chi connectivity index (χ0n) is 16.6. The summed E-state index contributed by atoms with van der Waals surface area (Å²) in [6, 6.07) is 9.23. The molecule has 0 aliphatic heterocycles. The fourth-order valence-electron chi connectivity index (χ4n) is 3.25. The number of carbonyl (C=O) groups excluding carboxylic acids is 1. The number of rotatable bonds is 6. The number of halogens is 2. The van der Waals surface area contributed by atoms with Crippen LogP contribution in [0.4, 0.5) is 14.5 Å². The van der Waals surface area contributed by atoms with Gasteiger partial charge in [-0.1, -0.05) is 18.2 Å². The standard InChI is InChI=1S/C21H20F2N4O3/c1-12(18-9-8-17(22)10-19(18)23)24-21(28)16-6-4-15(5-7-16)11-26-14(3)20(27(29)30)13(2)25-26/h4-10,12H,11H2,1-3H3,(H,24,28). The molecule has 3 aromatic rings. The van der Waals surface area contributed by atoms with Crippen LogP contribution in [0.3, 0.4) is 0 Å². The lowest BCUT2D eigenvalue weighted by Crippen LogP contribution is -2.27. The van der Waals surface area contributed by atoms with E-state index in [4.69, 9.17) is 0 Å². The van der Waals surface area contributed by atoms with Gasteiger partial charge in [0.05, 0.1) is 17.5 Å². The Morgan fingerprint density at radius 2 is 1.87 bits per heavy atom. The summed E-state index contributed by atoms with van der Waals surface area (Å²) in [5.41, 5.74) is 2.16. The van der Waals surface area contributed by atoms with Crippen LogP contribution < -0.4 is 5.32 Å². The second kappa shape index (κ2) is 8.40. The smallest absolute Gasteiger partial charge is 0.312 e. The minimum absolute atomic E-state index is 0.00647. The molecule has 9 heteroatoms. The van der Waals surface area contributed by atoms with Crippen molar-refractivity contribution in [1.82, 2.24) is 15.1 Å². The number of nitro groups is 1. The van der Waals surface area contributed by atoms with Gasteiger partial charge in [0.25, 0.3) is 5.91 Å². The summed E-state index contributed by atoms with van der Waals surface area (Å²) in [5.74, 6) is -1.81. The predicted molar refractivity (Wildman–Crippen MR) is 106 cm³/mol. The van der Waals surface area contributed by atoms with Crippen molar-refractivity contribution in [1.29, 1.82) is 0 Å². The van der Waals surface area contributed by atoms with Crippen molar-refractivity contribution in [3.8, 4) is 0 Å². The molecule has 7 nitrogen and oxygen atoms in total. The zero-order valence-corrected chi connectivity index (χ0v) is 16.6. The molecule has 30 heavy (non-hydrogen) atoms. The fraction of sp³-hybridized carbons (Fsp3) is 0.238. The minimum atomic E-state index is -0.725. The first-order valence-electron chi connectivity index (χ1n) is 9.20. The maximum Gasteiger partial charge on any atom is 0.312 e. The molecule has 156 valence electrons. The Morgan fingerprint density at radius 3 is 2.43 bits per heavy atom. The SMILES string of the molecule is Cc1nn(Cc2ccc(C(=O)NC(C)c3ccc(F)cc3F)cc2)c(C)c1[N+](=O)[O-]. The Kier molecular flexibility index (Phi) is 5.91. The van der Waals surface area contributed by atoms with Gasteiger partial charge in [0.2, 0.25) is 0 Å². The number of hydrogen-bond acceptors (Lipinski definition) is 4. The van der Waals surface area contributed by atoms with Crippen molar-refractivity contribution >= 4 is 11.6 Å². The summed E-state index contributed by atoms with van der Waals surface area (Å²) >= 11 is 0. The van der Waals surface area contributed by atoms with Gasteiger partial charge in [-0.15, -0.1) is 0 Å². The average Bonchev–Trinajstić information content (AvgIpc) is 2.95. The monoisotopic (exact) mass is 414 g/mol. The van der Waals surface area contributed by atoms with E-state index < -0.39 is 28.5 Å². The number of nitrogens with one attached hydrogen (secondary N) is 1. The molecular weight excluding hydrogens is 394 g/mol. The summed E-state index contributed by atoms with van der Waals surface area (Å²) in [5, 5.41) is 18.0. The highest BCUT2D eigenvalue weighted by atomic mass is 19.1. The lowest BCUT2D eigenvalue weighted by Gasteiger charge is -2.15. The molecule has 1 unspecified atom stereocenters. The highest BCUT2D eigenvalue weighted by Gasteiger charge is 2.22. The minimum Gasteiger partial charge on any atom is -0.345 e. The average molecular weight is 414 g/mol. The molecule has 1 heterocycles. The van der Waals surface area contributed by atoms with E-state index in [1.807, 2.05) is 0 Å². The van der Waals surface area contributed by atoms with Crippen molar-refractivity contribution in [2.24, 2.45) is 0 Å². The van der Waals surface area contributed by atoms with E-state index in [1.54, 1.807) is 49.7 Å². The number of aromatic nitrogens is 2. The third kappa shape index (κ3) is 4.35. The Hall–Kier alpha value is -3.62. The summed E-state index contributed by atoms with van der Waals surface area (Å²) in [6.45, 7) is 5.15. The number of benzene rings is 2. The first-order chi connectivity index (χ1) is 14.2.